The molecule has 0 atom stereocenters. The van der Waals surface area contributed by atoms with Crippen LogP contribution >= 0.6 is 0 Å². The molecule has 0 spiro atoms. The van der Waals surface area contributed by atoms with Crippen LogP contribution in [-0.2, 0) is 13.0 Å². The summed E-state index contributed by atoms with van der Waals surface area (Å²) in [6.07, 6.45) is 10.0. The molecule has 0 aliphatic heterocycles. The predicted octanol–water partition coefficient (Wildman–Crippen LogP) is 4.55. The van der Waals surface area contributed by atoms with Crippen LogP contribution in [0, 0.1) is 5.92 Å². The first-order valence-electron chi connectivity index (χ1n) is 8.60. The lowest BCUT2D eigenvalue weighted by Crippen LogP contribution is -2.22. The van der Waals surface area contributed by atoms with E-state index in [4.69, 9.17) is 4.42 Å². The highest BCUT2D eigenvalue weighted by Crippen LogP contribution is 2.18. The van der Waals surface area contributed by atoms with Crippen LogP contribution in [0.15, 0.2) is 21.5 Å². The molecule has 0 N–H and O–H groups in total. The van der Waals surface area contributed by atoms with Gasteiger partial charge in [0.25, 0.3) is 0 Å². The van der Waals surface area contributed by atoms with Gasteiger partial charge >= 0.3 is 5.69 Å². The van der Waals surface area contributed by atoms with Crippen molar-refractivity contribution in [3.05, 3.63) is 28.5 Å². The summed E-state index contributed by atoms with van der Waals surface area (Å²) in [5.41, 5.74) is 0.270. The Morgan fingerprint density at radius 2 is 2.00 bits per heavy atom. The lowest BCUT2D eigenvalue weighted by atomic mass is 10.1. The lowest BCUT2D eigenvalue weighted by Gasteiger charge is -2.06. The van der Waals surface area contributed by atoms with Crippen LogP contribution in [0.4, 0.5) is 0 Å². The summed E-state index contributed by atoms with van der Waals surface area (Å²) in [5, 5.41) is 0.937. The van der Waals surface area contributed by atoms with Gasteiger partial charge < -0.3 is 4.42 Å². The summed E-state index contributed by atoms with van der Waals surface area (Å²) in [4.78, 5) is 16.1. The molecule has 0 radical (unpaired) electrons. The second-order valence-electron chi connectivity index (χ2n) is 6.54. The Morgan fingerprint density at radius 3 is 2.73 bits per heavy atom. The van der Waals surface area contributed by atoms with E-state index in [9.17, 15) is 4.79 Å². The SMILES string of the molecule is CCCCCCCc1cc2cn(CCC(C)C)c(=O)nc2o1. The van der Waals surface area contributed by atoms with Crippen LogP contribution < -0.4 is 5.69 Å². The van der Waals surface area contributed by atoms with Crippen molar-refractivity contribution in [3.63, 3.8) is 0 Å². The molecule has 0 saturated carbocycles. The van der Waals surface area contributed by atoms with Crippen LogP contribution in [0.3, 0.4) is 0 Å². The maximum atomic E-state index is 12.0. The molecule has 2 aromatic heterocycles. The molecule has 2 heterocycles. The van der Waals surface area contributed by atoms with E-state index in [1.807, 2.05) is 12.3 Å². The Balaban J connectivity index is 2.02. The molecule has 0 fully saturated rings. The number of hydrogen-bond donors (Lipinski definition) is 0. The molecule has 0 saturated heterocycles. The first kappa shape index (κ1) is 16.8. The van der Waals surface area contributed by atoms with Crippen molar-refractivity contribution in [1.29, 1.82) is 0 Å². The summed E-state index contributed by atoms with van der Waals surface area (Å²) in [7, 11) is 0. The van der Waals surface area contributed by atoms with Crippen molar-refractivity contribution in [1.82, 2.24) is 9.55 Å². The first-order chi connectivity index (χ1) is 10.6. The molecule has 0 bridgehead atoms. The van der Waals surface area contributed by atoms with Crippen LogP contribution in [0.5, 0.6) is 0 Å². The predicted molar refractivity (Wildman–Crippen MR) is 90.2 cm³/mol. The molecule has 4 nitrogen and oxygen atoms in total. The summed E-state index contributed by atoms with van der Waals surface area (Å²) >= 11 is 0. The normalized spacial score (nSPS) is 11.6. The molecule has 2 rings (SSSR count). The number of unbranched alkanes of at least 4 members (excludes halogenated alkanes) is 4. The monoisotopic (exact) mass is 304 g/mol. The molecule has 4 heteroatoms. The molecular formula is C18H28N2O2. The maximum absolute atomic E-state index is 12.0. The molecule has 0 unspecified atom stereocenters. The number of aryl methyl sites for hydroxylation is 2. The van der Waals surface area contributed by atoms with Gasteiger partial charge in [0.15, 0.2) is 0 Å². The van der Waals surface area contributed by atoms with Crippen molar-refractivity contribution in [2.75, 3.05) is 0 Å². The molecule has 0 aliphatic rings. The van der Waals surface area contributed by atoms with Gasteiger partial charge in [-0.15, -0.1) is 0 Å². The van der Waals surface area contributed by atoms with Crippen molar-refractivity contribution >= 4 is 11.1 Å². The number of furan rings is 1. The van der Waals surface area contributed by atoms with Gasteiger partial charge in [0, 0.05) is 19.2 Å². The van der Waals surface area contributed by atoms with E-state index < -0.39 is 0 Å². The Bertz CT molecular complexity index is 640. The molecular weight excluding hydrogens is 276 g/mol. The highest BCUT2D eigenvalue weighted by atomic mass is 16.3. The summed E-state index contributed by atoms with van der Waals surface area (Å²) in [6.45, 7) is 7.26. The third-order valence-electron chi connectivity index (χ3n) is 4.00. The zero-order valence-electron chi connectivity index (χ0n) is 14.1. The van der Waals surface area contributed by atoms with Gasteiger partial charge in [0.1, 0.15) is 5.76 Å². The Hall–Kier alpha value is -1.58. The summed E-state index contributed by atoms with van der Waals surface area (Å²) < 4.78 is 7.41. The minimum atomic E-state index is -0.211. The fourth-order valence-electron chi connectivity index (χ4n) is 2.59. The fraction of sp³-hybridized carbons (Fsp3) is 0.667. The van der Waals surface area contributed by atoms with Crippen LogP contribution in [0.2, 0.25) is 0 Å². The third-order valence-corrected chi connectivity index (χ3v) is 4.00. The number of rotatable bonds is 9. The average molecular weight is 304 g/mol. The quantitative estimate of drug-likeness (QED) is 0.639. The van der Waals surface area contributed by atoms with Crippen molar-refractivity contribution in [3.8, 4) is 0 Å². The minimum absolute atomic E-state index is 0.211. The first-order valence-corrected chi connectivity index (χ1v) is 8.60. The highest BCUT2D eigenvalue weighted by Gasteiger charge is 2.08. The minimum Gasteiger partial charge on any atom is -0.443 e. The number of fused-ring (bicyclic) bond motifs is 1. The van der Waals surface area contributed by atoms with E-state index in [0.717, 1.165) is 37.0 Å². The molecule has 0 amide bonds. The standard InChI is InChI=1S/C18H28N2O2/c1-4-5-6-7-8-9-16-12-15-13-20(11-10-14(2)3)18(21)19-17(15)22-16/h12-14H,4-11H2,1-3H3. The van der Waals surface area contributed by atoms with E-state index in [1.165, 1.54) is 25.7 Å². The fourth-order valence-corrected chi connectivity index (χ4v) is 2.59. The molecule has 22 heavy (non-hydrogen) atoms. The van der Waals surface area contributed by atoms with E-state index in [-0.39, 0.29) is 5.69 Å². The van der Waals surface area contributed by atoms with Gasteiger partial charge in [-0.3, -0.25) is 4.57 Å². The van der Waals surface area contributed by atoms with Crippen LogP contribution in [-0.4, -0.2) is 9.55 Å². The van der Waals surface area contributed by atoms with Gasteiger partial charge in [-0.1, -0.05) is 46.5 Å². The molecule has 0 aromatic carbocycles. The molecule has 2 aromatic rings. The Kier molecular flexibility index (Phi) is 6.22. The van der Waals surface area contributed by atoms with Crippen molar-refractivity contribution in [2.45, 2.75) is 72.3 Å². The van der Waals surface area contributed by atoms with Crippen LogP contribution in [0.25, 0.3) is 11.1 Å². The second kappa shape index (κ2) is 8.16. The highest BCUT2D eigenvalue weighted by molar-refractivity contribution is 5.72. The van der Waals surface area contributed by atoms with E-state index in [1.54, 1.807) is 4.57 Å². The smallest absolute Gasteiger partial charge is 0.350 e. The van der Waals surface area contributed by atoms with E-state index in [2.05, 4.69) is 25.8 Å². The molecule has 0 aliphatic carbocycles. The van der Waals surface area contributed by atoms with Gasteiger partial charge in [0.2, 0.25) is 5.71 Å². The second-order valence-corrected chi connectivity index (χ2v) is 6.54. The largest absolute Gasteiger partial charge is 0.443 e. The average Bonchev–Trinajstić information content (AvgIpc) is 2.86. The van der Waals surface area contributed by atoms with Gasteiger partial charge in [0.05, 0.1) is 5.39 Å². The van der Waals surface area contributed by atoms with E-state index in [0.29, 0.717) is 11.6 Å². The van der Waals surface area contributed by atoms with Gasteiger partial charge in [-0.25, -0.2) is 4.79 Å². The summed E-state index contributed by atoms with van der Waals surface area (Å²) in [5.74, 6) is 1.52. The third kappa shape index (κ3) is 4.72. The van der Waals surface area contributed by atoms with Crippen molar-refractivity contribution in [2.24, 2.45) is 5.92 Å². The summed E-state index contributed by atoms with van der Waals surface area (Å²) in [6, 6.07) is 2.04. The Morgan fingerprint density at radius 1 is 1.23 bits per heavy atom. The zero-order chi connectivity index (χ0) is 15.9. The molecule has 122 valence electrons. The number of hydrogen-bond acceptors (Lipinski definition) is 3. The van der Waals surface area contributed by atoms with Crippen molar-refractivity contribution < 1.29 is 4.42 Å². The lowest BCUT2D eigenvalue weighted by molar-refractivity contribution is 0.496. The zero-order valence-corrected chi connectivity index (χ0v) is 14.1. The topological polar surface area (TPSA) is 48.0 Å². The maximum Gasteiger partial charge on any atom is 0.350 e. The van der Waals surface area contributed by atoms with E-state index >= 15 is 0 Å². The Labute approximate surface area is 132 Å². The van der Waals surface area contributed by atoms with Gasteiger partial charge in [-0.2, -0.15) is 4.98 Å². The number of aromatic nitrogens is 2. The number of nitrogens with zero attached hydrogens (tertiary/aromatic N) is 2. The van der Waals surface area contributed by atoms with Gasteiger partial charge in [-0.05, 0) is 24.8 Å². The van der Waals surface area contributed by atoms with Crippen LogP contribution in [0.1, 0.15) is 65.1 Å².